The van der Waals surface area contributed by atoms with Gasteiger partial charge in [0.05, 0.1) is 6.61 Å². The van der Waals surface area contributed by atoms with E-state index in [2.05, 4.69) is 10.3 Å². The van der Waals surface area contributed by atoms with Gasteiger partial charge in [-0.2, -0.15) is 0 Å². The molecule has 5 nitrogen and oxygen atoms in total. The van der Waals surface area contributed by atoms with Gasteiger partial charge in [-0.25, -0.2) is 4.98 Å². The number of rotatable bonds is 6. The second-order valence-electron chi connectivity index (χ2n) is 5.73. The topological polar surface area (TPSA) is 77.2 Å². The van der Waals surface area contributed by atoms with E-state index in [9.17, 15) is 4.79 Å². The van der Waals surface area contributed by atoms with Gasteiger partial charge in [0.2, 0.25) is 0 Å². The normalized spacial score (nSPS) is 15.1. The lowest BCUT2D eigenvalue weighted by Crippen LogP contribution is -2.33. The summed E-state index contributed by atoms with van der Waals surface area (Å²) in [6.45, 7) is 1.21. The summed E-state index contributed by atoms with van der Waals surface area (Å²) in [4.78, 5) is 16.1. The molecule has 1 aromatic heterocycles. The molecule has 0 bridgehead atoms. The molecule has 0 atom stereocenters. The van der Waals surface area contributed by atoms with Crippen molar-refractivity contribution in [2.24, 2.45) is 5.41 Å². The van der Waals surface area contributed by atoms with Crippen LogP contribution in [-0.4, -0.2) is 24.0 Å². The highest BCUT2D eigenvalue weighted by Gasteiger charge is 2.43. The van der Waals surface area contributed by atoms with E-state index in [1.54, 1.807) is 18.2 Å². The maximum atomic E-state index is 12.1. The van der Waals surface area contributed by atoms with Gasteiger partial charge in [-0.1, -0.05) is 24.3 Å². The lowest BCUT2D eigenvalue weighted by molar-refractivity contribution is 0.0932. The Morgan fingerprint density at radius 3 is 2.64 bits per heavy atom. The fourth-order valence-electron chi connectivity index (χ4n) is 2.24. The number of aromatic nitrogens is 1. The highest BCUT2D eigenvalue weighted by molar-refractivity contribution is 5.92. The summed E-state index contributed by atoms with van der Waals surface area (Å²) in [5, 5.41) is 2.93. The van der Waals surface area contributed by atoms with Gasteiger partial charge < -0.3 is 15.8 Å². The Morgan fingerprint density at radius 2 is 1.95 bits per heavy atom. The molecule has 0 radical (unpaired) electrons. The second-order valence-corrected chi connectivity index (χ2v) is 5.73. The number of pyridine rings is 1. The molecule has 1 amide bonds. The lowest BCUT2D eigenvalue weighted by Gasteiger charge is -2.17. The lowest BCUT2D eigenvalue weighted by atomic mass is 10.1. The van der Waals surface area contributed by atoms with Crippen molar-refractivity contribution in [2.45, 2.75) is 12.8 Å². The van der Waals surface area contributed by atoms with Gasteiger partial charge in [-0.3, -0.25) is 4.79 Å². The fraction of sp³-hybridized carbons (Fsp3) is 0.294. The predicted molar refractivity (Wildman–Crippen MR) is 84.6 cm³/mol. The van der Waals surface area contributed by atoms with E-state index in [0.717, 1.165) is 18.6 Å². The summed E-state index contributed by atoms with van der Waals surface area (Å²) in [5.41, 5.74) is 5.99. The van der Waals surface area contributed by atoms with Crippen LogP contribution in [0.1, 0.15) is 23.3 Å². The Morgan fingerprint density at radius 1 is 1.18 bits per heavy atom. The number of para-hydroxylation sites is 1. The van der Waals surface area contributed by atoms with E-state index in [1.807, 2.05) is 30.3 Å². The fourth-order valence-corrected chi connectivity index (χ4v) is 2.24. The third-order valence-electron chi connectivity index (χ3n) is 3.87. The van der Waals surface area contributed by atoms with Crippen molar-refractivity contribution in [3.8, 4) is 5.75 Å². The molecule has 1 aliphatic rings. The van der Waals surface area contributed by atoms with E-state index in [-0.39, 0.29) is 11.3 Å². The summed E-state index contributed by atoms with van der Waals surface area (Å²) in [6.07, 6.45) is 2.12. The minimum Gasteiger partial charge on any atom is -0.493 e. The monoisotopic (exact) mass is 297 g/mol. The van der Waals surface area contributed by atoms with Crippen LogP contribution in [0.3, 0.4) is 0 Å². The Labute approximate surface area is 129 Å². The molecular weight excluding hydrogens is 278 g/mol. The molecule has 3 N–H and O–H groups in total. The first kappa shape index (κ1) is 14.4. The maximum absolute atomic E-state index is 12.1. The number of nitrogens with two attached hydrogens (primary N) is 1. The first-order valence-electron chi connectivity index (χ1n) is 7.36. The number of benzene rings is 1. The molecule has 114 valence electrons. The van der Waals surface area contributed by atoms with Crippen molar-refractivity contribution in [2.75, 3.05) is 18.9 Å². The average Bonchev–Trinajstić information content (AvgIpc) is 3.32. The van der Waals surface area contributed by atoms with E-state index >= 15 is 0 Å². The minimum absolute atomic E-state index is 0.0474. The molecule has 2 aromatic rings. The molecule has 0 unspecified atom stereocenters. The third kappa shape index (κ3) is 3.55. The van der Waals surface area contributed by atoms with Crippen molar-refractivity contribution >= 4 is 11.7 Å². The number of nitrogens with one attached hydrogen (secondary N) is 1. The zero-order valence-electron chi connectivity index (χ0n) is 12.3. The first-order valence-corrected chi connectivity index (χ1v) is 7.36. The molecule has 22 heavy (non-hydrogen) atoms. The Bertz CT molecular complexity index is 654. The first-order chi connectivity index (χ1) is 10.7. The largest absolute Gasteiger partial charge is 0.493 e. The minimum atomic E-state index is -0.196. The molecule has 1 aliphatic carbocycles. The van der Waals surface area contributed by atoms with Gasteiger partial charge >= 0.3 is 0 Å². The molecule has 1 fully saturated rings. The Kier molecular flexibility index (Phi) is 3.96. The molecule has 1 saturated carbocycles. The van der Waals surface area contributed by atoms with Gasteiger partial charge in [0, 0.05) is 12.0 Å². The number of amides is 1. The molecule has 0 saturated heterocycles. The van der Waals surface area contributed by atoms with Crippen molar-refractivity contribution in [3.05, 3.63) is 54.2 Å². The standard InChI is InChI=1S/C17H19N3O2/c18-15-8-4-7-14(20-15)16(21)19-11-17(9-10-17)12-22-13-5-2-1-3-6-13/h1-8H,9-12H2,(H2,18,20)(H,19,21). The third-order valence-corrected chi connectivity index (χ3v) is 3.87. The van der Waals surface area contributed by atoms with Crippen LogP contribution >= 0.6 is 0 Å². The molecule has 0 aliphatic heterocycles. The van der Waals surface area contributed by atoms with E-state index in [1.165, 1.54) is 0 Å². The van der Waals surface area contributed by atoms with Crippen LogP contribution in [0.15, 0.2) is 48.5 Å². The van der Waals surface area contributed by atoms with Gasteiger partial charge in [-0.15, -0.1) is 0 Å². The quantitative estimate of drug-likeness (QED) is 0.857. The van der Waals surface area contributed by atoms with Gasteiger partial charge in [-0.05, 0) is 37.1 Å². The number of ether oxygens (including phenoxy) is 1. The van der Waals surface area contributed by atoms with Crippen molar-refractivity contribution in [1.29, 1.82) is 0 Å². The number of nitrogens with zero attached hydrogens (tertiary/aromatic N) is 1. The van der Waals surface area contributed by atoms with Crippen molar-refractivity contribution in [1.82, 2.24) is 10.3 Å². The zero-order chi connectivity index (χ0) is 15.4. The second kappa shape index (κ2) is 6.05. The highest BCUT2D eigenvalue weighted by Crippen LogP contribution is 2.45. The molecular formula is C17H19N3O2. The molecule has 3 rings (SSSR count). The van der Waals surface area contributed by atoms with E-state index in [4.69, 9.17) is 10.5 Å². The van der Waals surface area contributed by atoms with Crippen molar-refractivity contribution in [3.63, 3.8) is 0 Å². The van der Waals surface area contributed by atoms with Crippen LogP contribution in [0.5, 0.6) is 5.75 Å². The number of carbonyl (C=O) groups excluding carboxylic acids is 1. The SMILES string of the molecule is Nc1cccc(C(=O)NCC2(COc3ccccc3)CC2)n1. The summed E-state index contributed by atoms with van der Waals surface area (Å²) >= 11 is 0. The number of carbonyl (C=O) groups is 1. The van der Waals surface area contributed by atoms with Gasteiger partial charge in [0.1, 0.15) is 17.3 Å². The molecule has 1 aromatic carbocycles. The van der Waals surface area contributed by atoms with Crippen LogP contribution in [0.2, 0.25) is 0 Å². The van der Waals surface area contributed by atoms with E-state index < -0.39 is 0 Å². The van der Waals surface area contributed by atoms with E-state index in [0.29, 0.717) is 24.7 Å². The molecule has 1 heterocycles. The Hall–Kier alpha value is -2.56. The number of nitrogen functional groups attached to an aromatic ring is 1. The molecule has 5 heteroatoms. The van der Waals surface area contributed by atoms with Crippen LogP contribution in [0.4, 0.5) is 5.82 Å². The summed E-state index contributed by atoms with van der Waals surface area (Å²) in [7, 11) is 0. The number of anilines is 1. The van der Waals surface area contributed by atoms with Crippen LogP contribution in [0, 0.1) is 5.41 Å². The van der Waals surface area contributed by atoms with Gasteiger partial charge in [0.25, 0.3) is 5.91 Å². The maximum Gasteiger partial charge on any atom is 0.269 e. The Balaban J connectivity index is 1.51. The zero-order valence-corrected chi connectivity index (χ0v) is 12.3. The van der Waals surface area contributed by atoms with Crippen LogP contribution < -0.4 is 15.8 Å². The van der Waals surface area contributed by atoms with Crippen LogP contribution in [0.25, 0.3) is 0 Å². The smallest absolute Gasteiger partial charge is 0.269 e. The number of hydrogen-bond acceptors (Lipinski definition) is 4. The van der Waals surface area contributed by atoms with Crippen LogP contribution in [-0.2, 0) is 0 Å². The average molecular weight is 297 g/mol. The van der Waals surface area contributed by atoms with Crippen molar-refractivity contribution < 1.29 is 9.53 Å². The molecule has 0 spiro atoms. The summed E-state index contributed by atoms with van der Waals surface area (Å²) in [6, 6.07) is 14.8. The van der Waals surface area contributed by atoms with Gasteiger partial charge in [0.15, 0.2) is 0 Å². The predicted octanol–water partition coefficient (Wildman–Crippen LogP) is 2.25. The number of hydrogen-bond donors (Lipinski definition) is 2. The summed E-state index contributed by atoms with van der Waals surface area (Å²) < 4.78 is 5.80. The summed E-state index contributed by atoms with van der Waals surface area (Å²) in [5.74, 6) is 1.01. The highest BCUT2D eigenvalue weighted by atomic mass is 16.5.